The van der Waals surface area contributed by atoms with Crippen molar-refractivity contribution < 1.29 is 15.0 Å². The first kappa shape index (κ1) is 13.8. The Hall–Kier alpha value is -1.23. The minimum atomic E-state index is -0.336. The fourth-order valence-corrected chi connectivity index (χ4v) is 1.77. The Bertz CT molecular complexity index is 334. The standard InChI is InChI=1S/C13H19NO3/c1-11(14(7-9-15)8-10-16)13(17)12-5-3-2-4-6-12/h2-6,11,15-16H,7-10H2,1H3. The fraction of sp³-hybridized carbons (Fsp3) is 0.462. The highest BCUT2D eigenvalue weighted by Crippen LogP contribution is 2.08. The highest BCUT2D eigenvalue weighted by molar-refractivity contribution is 5.99. The number of hydrogen-bond acceptors (Lipinski definition) is 4. The van der Waals surface area contributed by atoms with Crippen molar-refractivity contribution in [2.45, 2.75) is 13.0 Å². The van der Waals surface area contributed by atoms with Crippen LogP contribution in [-0.4, -0.2) is 53.2 Å². The van der Waals surface area contributed by atoms with Gasteiger partial charge in [-0.25, -0.2) is 0 Å². The number of rotatable bonds is 7. The van der Waals surface area contributed by atoms with E-state index in [4.69, 9.17) is 10.2 Å². The monoisotopic (exact) mass is 237 g/mol. The van der Waals surface area contributed by atoms with Crippen LogP contribution < -0.4 is 0 Å². The smallest absolute Gasteiger partial charge is 0.179 e. The Kier molecular flexibility index (Phi) is 5.83. The Labute approximate surface area is 101 Å². The molecule has 1 rings (SSSR count). The molecule has 0 saturated heterocycles. The summed E-state index contributed by atoms with van der Waals surface area (Å²) in [6, 6.07) is 8.71. The maximum absolute atomic E-state index is 12.1. The summed E-state index contributed by atoms with van der Waals surface area (Å²) in [7, 11) is 0. The molecule has 1 aromatic rings. The van der Waals surface area contributed by atoms with E-state index in [0.29, 0.717) is 18.7 Å². The molecule has 94 valence electrons. The number of ketones is 1. The van der Waals surface area contributed by atoms with Gasteiger partial charge in [-0.2, -0.15) is 0 Å². The zero-order valence-corrected chi connectivity index (χ0v) is 10.0. The molecule has 17 heavy (non-hydrogen) atoms. The second-order valence-corrected chi connectivity index (χ2v) is 3.89. The van der Waals surface area contributed by atoms with Gasteiger partial charge >= 0.3 is 0 Å². The van der Waals surface area contributed by atoms with E-state index >= 15 is 0 Å². The minimum absolute atomic E-state index is 0.00694. The van der Waals surface area contributed by atoms with Gasteiger partial charge in [0.25, 0.3) is 0 Å². The van der Waals surface area contributed by atoms with Gasteiger partial charge in [-0.3, -0.25) is 9.69 Å². The molecule has 0 bridgehead atoms. The molecule has 0 aliphatic rings. The molecule has 0 saturated carbocycles. The predicted molar refractivity (Wildman–Crippen MR) is 66.0 cm³/mol. The molecule has 4 nitrogen and oxygen atoms in total. The normalized spacial score (nSPS) is 12.7. The van der Waals surface area contributed by atoms with Crippen molar-refractivity contribution in [2.75, 3.05) is 26.3 Å². The molecule has 0 fully saturated rings. The molecule has 1 unspecified atom stereocenters. The SMILES string of the molecule is CC(C(=O)c1ccccc1)N(CCO)CCO. The molecule has 0 spiro atoms. The molecular weight excluding hydrogens is 218 g/mol. The summed E-state index contributed by atoms with van der Waals surface area (Å²) in [5.41, 5.74) is 0.654. The van der Waals surface area contributed by atoms with E-state index in [-0.39, 0.29) is 25.0 Å². The predicted octanol–water partition coefficient (Wildman–Crippen LogP) is 0.544. The van der Waals surface area contributed by atoms with Crippen molar-refractivity contribution in [1.82, 2.24) is 4.90 Å². The maximum Gasteiger partial charge on any atom is 0.179 e. The van der Waals surface area contributed by atoms with Crippen molar-refractivity contribution in [1.29, 1.82) is 0 Å². The number of Topliss-reactive ketones (excluding diaryl/α,β-unsaturated/α-hetero) is 1. The molecule has 0 aliphatic carbocycles. The highest BCUT2D eigenvalue weighted by Gasteiger charge is 2.21. The number of carbonyl (C=O) groups excluding carboxylic acids is 1. The molecule has 4 heteroatoms. The maximum atomic E-state index is 12.1. The van der Waals surface area contributed by atoms with Crippen LogP contribution in [0.1, 0.15) is 17.3 Å². The zero-order chi connectivity index (χ0) is 12.7. The number of hydrogen-bond donors (Lipinski definition) is 2. The Morgan fingerprint density at radius 3 is 2.18 bits per heavy atom. The van der Waals surface area contributed by atoms with Gasteiger partial charge in [0.15, 0.2) is 5.78 Å². The Morgan fingerprint density at radius 1 is 1.18 bits per heavy atom. The average Bonchev–Trinajstić information content (AvgIpc) is 2.38. The van der Waals surface area contributed by atoms with Crippen molar-refractivity contribution >= 4 is 5.78 Å². The summed E-state index contributed by atoms with van der Waals surface area (Å²) in [6.45, 7) is 2.53. The first-order valence-corrected chi connectivity index (χ1v) is 5.75. The molecule has 0 radical (unpaired) electrons. The lowest BCUT2D eigenvalue weighted by molar-refractivity contribution is 0.0769. The van der Waals surface area contributed by atoms with Gasteiger partial charge < -0.3 is 10.2 Å². The molecule has 0 aromatic heterocycles. The van der Waals surface area contributed by atoms with E-state index < -0.39 is 0 Å². The molecule has 1 aromatic carbocycles. The molecule has 0 heterocycles. The van der Waals surface area contributed by atoms with E-state index in [2.05, 4.69) is 0 Å². The summed E-state index contributed by atoms with van der Waals surface area (Å²) in [5, 5.41) is 17.9. The third-order valence-electron chi connectivity index (χ3n) is 2.76. The van der Waals surface area contributed by atoms with Crippen LogP contribution in [0, 0.1) is 0 Å². The van der Waals surface area contributed by atoms with E-state index in [1.807, 2.05) is 18.2 Å². The molecule has 0 amide bonds. The lowest BCUT2D eigenvalue weighted by Gasteiger charge is -2.26. The third kappa shape index (κ3) is 3.93. The largest absolute Gasteiger partial charge is 0.395 e. The van der Waals surface area contributed by atoms with Crippen molar-refractivity contribution in [2.24, 2.45) is 0 Å². The van der Waals surface area contributed by atoms with Gasteiger partial charge in [0, 0.05) is 18.7 Å². The number of benzene rings is 1. The summed E-state index contributed by atoms with van der Waals surface area (Å²) in [5.74, 6) is 0.00694. The quantitative estimate of drug-likeness (QED) is 0.680. The number of nitrogens with zero attached hydrogens (tertiary/aromatic N) is 1. The summed E-state index contributed by atoms with van der Waals surface area (Å²) in [4.78, 5) is 13.9. The Balaban J connectivity index is 2.73. The van der Waals surface area contributed by atoms with Gasteiger partial charge in [0.2, 0.25) is 0 Å². The van der Waals surface area contributed by atoms with Crippen LogP contribution >= 0.6 is 0 Å². The van der Waals surface area contributed by atoms with Gasteiger partial charge in [0.05, 0.1) is 19.3 Å². The van der Waals surface area contributed by atoms with Crippen LogP contribution in [0.3, 0.4) is 0 Å². The topological polar surface area (TPSA) is 60.8 Å². The minimum Gasteiger partial charge on any atom is -0.395 e. The lowest BCUT2D eigenvalue weighted by Crippen LogP contribution is -2.42. The second-order valence-electron chi connectivity index (χ2n) is 3.89. The van der Waals surface area contributed by atoms with E-state index in [1.165, 1.54) is 0 Å². The first-order valence-electron chi connectivity index (χ1n) is 5.75. The van der Waals surface area contributed by atoms with Gasteiger partial charge in [-0.1, -0.05) is 30.3 Å². The van der Waals surface area contributed by atoms with E-state index in [0.717, 1.165) is 0 Å². The number of aliphatic hydroxyl groups excluding tert-OH is 2. The van der Waals surface area contributed by atoms with E-state index in [1.54, 1.807) is 24.0 Å². The third-order valence-corrected chi connectivity index (χ3v) is 2.76. The van der Waals surface area contributed by atoms with Crippen molar-refractivity contribution in [3.8, 4) is 0 Å². The number of carbonyl (C=O) groups is 1. The summed E-state index contributed by atoms with van der Waals surface area (Å²) < 4.78 is 0. The van der Waals surface area contributed by atoms with Crippen molar-refractivity contribution in [3.63, 3.8) is 0 Å². The van der Waals surface area contributed by atoms with Crippen LogP contribution in [0.15, 0.2) is 30.3 Å². The molecule has 2 N–H and O–H groups in total. The molecule has 1 atom stereocenters. The van der Waals surface area contributed by atoms with Gasteiger partial charge in [-0.15, -0.1) is 0 Å². The van der Waals surface area contributed by atoms with E-state index in [9.17, 15) is 4.79 Å². The molecular formula is C13H19NO3. The average molecular weight is 237 g/mol. The number of aliphatic hydroxyl groups is 2. The van der Waals surface area contributed by atoms with Gasteiger partial charge in [0.1, 0.15) is 0 Å². The van der Waals surface area contributed by atoms with Crippen molar-refractivity contribution in [3.05, 3.63) is 35.9 Å². The Morgan fingerprint density at radius 2 is 1.71 bits per heavy atom. The second kappa shape index (κ2) is 7.17. The lowest BCUT2D eigenvalue weighted by atomic mass is 10.0. The van der Waals surface area contributed by atoms with Crippen LogP contribution in [0.5, 0.6) is 0 Å². The first-order chi connectivity index (χ1) is 8.20. The highest BCUT2D eigenvalue weighted by atomic mass is 16.3. The zero-order valence-electron chi connectivity index (χ0n) is 10.0. The van der Waals surface area contributed by atoms with Crippen LogP contribution in [0.25, 0.3) is 0 Å². The fourth-order valence-electron chi connectivity index (χ4n) is 1.77. The summed E-state index contributed by atoms with van der Waals surface area (Å²) in [6.07, 6.45) is 0. The summed E-state index contributed by atoms with van der Waals surface area (Å²) >= 11 is 0. The van der Waals surface area contributed by atoms with Crippen LogP contribution in [-0.2, 0) is 0 Å². The van der Waals surface area contributed by atoms with Crippen LogP contribution in [0.4, 0.5) is 0 Å². The van der Waals surface area contributed by atoms with Gasteiger partial charge in [-0.05, 0) is 6.92 Å². The van der Waals surface area contributed by atoms with Crippen LogP contribution in [0.2, 0.25) is 0 Å². The molecule has 0 aliphatic heterocycles.